The summed E-state index contributed by atoms with van der Waals surface area (Å²) < 4.78 is 39.2. The second-order valence-corrected chi connectivity index (χ2v) is 12.4. The summed E-state index contributed by atoms with van der Waals surface area (Å²) in [5.74, 6) is 1.62. The van der Waals surface area contributed by atoms with Crippen LogP contribution in [0.4, 0.5) is 0 Å². The van der Waals surface area contributed by atoms with E-state index in [4.69, 9.17) is 9.47 Å². The van der Waals surface area contributed by atoms with Crippen molar-refractivity contribution < 1.29 is 21.8 Å². The number of pyridine rings is 1. The number of nitrogens with zero attached hydrogens (tertiary/aromatic N) is 4. The molecular formula is C23H29N4O4S+. The maximum Gasteiger partial charge on any atom is 0.300 e. The van der Waals surface area contributed by atoms with Gasteiger partial charge in [0.2, 0.25) is 11.8 Å². The van der Waals surface area contributed by atoms with Crippen molar-refractivity contribution in [2.24, 2.45) is 0 Å². The minimum absolute atomic E-state index is 0.0325. The van der Waals surface area contributed by atoms with Gasteiger partial charge in [-0.3, -0.25) is 4.98 Å². The van der Waals surface area contributed by atoms with Crippen molar-refractivity contribution in [1.29, 1.82) is 0 Å². The standard InChI is InChI=1S/C23H29N4O4S/c1-14-4-7-20(16(3)26-14)31-22-15(2)21(24-13-25-22)30-18-10-17-8-9-23(11-18)12-27(17,23)32(28,29)19-5-6-19/h4,7,13,17-19H,5-6,8-12H2,1-3H3/q+1/t17-,18-,23+,27?/m0/s1. The summed E-state index contributed by atoms with van der Waals surface area (Å²) in [6.45, 7) is 6.52. The number of ether oxygens (including phenoxy) is 2. The second-order valence-electron chi connectivity index (χ2n) is 10.0. The van der Waals surface area contributed by atoms with E-state index in [0.29, 0.717) is 21.4 Å². The average molecular weight is 458 g/mol. The third kappa shape index (κ3) is 2.76. The Morgan fingerprint density at radius 3 is 2.59 bits per heavy atom. The molecule has 4 fully saturated rings. The van der Waals surface area contributed by atoms with Gasteiger partial charge >= 0.3 is 10.0 Å². The topological polar surface area (TPSA) is 91.3 Å². The van der Waals surface area contributed by atoms with Crippen molar-refractivity contribution >= 4 is 10.0 Å². The highest BCUT2D eigenvalue weighted by Crippen LogP contribution is 2.66. The molecule has 3 aliphatic heterocycles. The first-order valence-corrected chi connectivity index (χ1v) is 13.0. The van der Waals surface area contributed by atoms with Crippen LogP contribution >= 0.6 is 0 Å². The predicted molar refractivity (Wildman–Crippen MR) is 117 cm³/mol. The summed E-state index contributed by atoms with van der Waals surface area (Å²) in [7, 11) is -3.08. The fraction of sp³-hybridized carbons (Fsp3) is 0.609. The van der Waals surface area contributed by atoms with Gasteiger partial charge in [0, 0.05) is 31.4 Å². The van der Waals surface area contributed by atoms with Gasteiger partial charge in [0.15, 0.2) is 17.8 Å². The summed E-state index contributed by atoms with van der Waals surface area (Å²) >= 11 is 0. The van der Waals surface area contributed by atoms with Crippen molar-refractivity contribution in [3.05, 3.63) is 35.4 Å². The Balaban J connectivity index is 1.21. The molecule has 2 aromatic rings. The molecule has 6 rings (SSSR count). The highest BCUT2D eigenvalue weighted by molar-refractivity contribution is 7.87. The molecule has 8 nitrogen and oxygen atoms in total. The molecule has 4 aliphatic rings. The summed E-state index contributed by atoms with van der Waals surface area (Å²) in [5.41, 5.74) is 2.33. The molecule has 1 saturated carbocycles. The molecule has 3 saturated heterocycles. The third-order valence-corrected chi connectivity index (χ3v) is 11.0. The number of rotatable bonds is 6. The molecule has 9 heteroatoms. The molecule has 0 N–H and O–H groups in total. The van der Waals surface area contributed by atoms with Gasteiger partial charge in [0.25, 0.3) is 0 Å². The Morgan fingerprint density at radius 2 is 1.88 bits per heavy atom. The van der Waals surface area contributed by atoms with Crippen LogP contribution in [-0.4, -0.2) is 56.7 Å². The largest absolute Gasteiger partial charge is 0.473 e. The van der Waals surface area contributed by atoms with Gasteiger partial charge in [0.05, 0.1) is 11.3 Å². The van der Waals surface area contributed by atoms with Crippen LogP contribution in [-0.2, 0) is 10.0 Å². The van der Waals surface area contributed by atoms with Gasteiger partial charge in [-0.1, -0.05) is 0 Å². The van der Waals surface area contributed by atoms with Crippen LogP contribution in [0.2, 0.25) is 0 Å². The smallest absolute Gasteiger partial charge is 0.300 e. The van der Waals surface area contributed by atoms with Crippen molar-refractivity contribution in [2.75, 3.05) is 6.54 Å². The van der Waals surface area contributed by atoms with Crippen molar-refractivity contribution in [1.82, 2.24) is 15.0 Å². The van der Waals surface area contributed by atoms with Gasteiger partial charge in [-0.05, 0) is 45.7 Å². The lowest BCUT2D eigenvalue weighted by atomic mass is 9.98. The minimum Gasteiger partial charge on any atom is -0.473 e. The number of quaternary nitrogens is 1. The number of aryl methyl sites for hydroxylation is 2. The first-order chi connectivity index (χ1) is 15.3. The normalized spacial score (nSPS) is 33.0. The highest BCUT2D eigenvalue weighted by atomic mass is 32.2. The maximum atomic E-state index is 13.2. The van der Waals surface area contributed by atoms with Crippen molar-refractivity contribution in [3.63, 3.8) is 0 Å². The van der Waals surface area contributed by atoms with E-state index < -0.39 is 10.0 Å². The second kappa shape index (κ2) is 6.63. The molecule has 0 amide bonds. The Morgan fingerprint density at radius 1 is 1.09 bits per heavy atom. The van der Waals surface area contributed by atoms with Gasteiger partial charge in [-0.25, -0.2) is 13.9 Å². The number of sulfonamides is 1. The SMILES string of the molecule is Cc1ccc(Oc2ncnc(O[C@H]3C[C@@H]4CC[C@@]5(C3)C[N+]45S(=O)(=O)C3CC3)c2C)c(C)n1. The molecule has 0 radical (unpaired) electrons. The van der Waals surface area contributed by atoms with Crippen LogP contribution in [0, 0.1) is 20.8 Å². The summed E-state index contributed by atoms with van der Waals surface area (Å²) in [6, 6.07) is 3.95. The molecule has 1 aliphatic carbocycles. The molecule has 4 atom stereocenters. The number of hydrogen-bond acceptors (Lipinski definition) is 7. The lowest BCUT2D eigenvalue weighted by molar-refractivity contribution is -0.722. The minimum atomic E-state index is -3.08. The Kier molecular flexibility index (Phi) is 4.22. The molecule has 1 unspecified atom stereocenters. The summed E-state index contributed by atoms with van der Waals surface area (Å²) in [4.78, 5) is 13.1. The first kappa shape index (κ1) is 20.4. The molecule has 170 valence electrons. The van der Waals surface area contributed by atoms with E-state index in [2.05, 4.69) is 15.0 Å². The Labute approximate surface area is 188 Å². The molecule has 2 aromatic heterocycles. The monoisotopic (exact) mass is 457 g/mol. The van der Waals surface area contributed by atoms with E-state index in [1.807, 2.05) is 32.9 Å². The average Bonchev–Trinajstić information content (AvgIpc) is 3.65. The van der Waals surface area contributed by atoms with Gasteiger partial charge in [-0.15, -0.1) is 0 Å². The van der Waals surface area contributed by atoms with E-state index in [0.717, 1.165) is 62.0 Å². The first-order valence-electron chi connectivity index (χ1n) is 11.5. The van der Waals surface area contributed by atoms with E-state index >= 15 is 0 Å². The summed E-state index contributed by atoms with van der Waals surface area (Å²) in [6.07, 6.45) is 6.59. The van der Waals surface area contributed by atoms with E-state index in [9.17, 15) is 8.42 Å². The summed E-state index contributed by atoms with van der Waals surface area (Å²) in [5, 5.41) is -0.106. The molecule has 5 heterocycles. The van der Waals surface area contributed by atoms with E-state index in [1.165, 1.54) is 6.33 Å². The zero-order chi connectivity index (χ0) is 22.3. The fourth-order valence-corrected chi connectivity index (χ4v) is 9.22. The van der Waals surface area contributed by atoms with E-state index in [1.54, 1.807) is 0 Å². The number of piperidine rings is 2. The van der Waals surface area contributed by atoms with Gasteiger partial charge in [0.1, 0.15) is 23.7 Å². The fourth-order valence-electron chi connectivity index (χ4n) is 6.22. The lowest BCUT2D eigenvalue weighted by Gasteiger charge is -2.34. The number of aromatic nitrogens is 3. The molecule has 0 spiro atoms. The maximum absolute atomic E-state index is 13.2. The third-order valence-electron chi connectivity index (χ3n) is 7.96. The quantitative estimate of drug-likeness (QED) is 0.485. The van der Waals surface area contributed by atoms with Crippen molar-refractivity contribution in [3.8, 4) is 17.5 Å². The molecule has 32 heavy (non-hydrogen) atoms. The van der Waals surface area contributed by atoms with Crippen LogP contribution < -0.4 is 9.47 Å². The molecule has 2 bridgehead atoms. The van der Waals surface area contributed by atoms with Gasteiger partial charge in [-0.2, -0.15) is 8.42 Å². The molecule has 0 aromatic carbocycles. The predicted octanol–water partition coefficient (Wildman–Crippen LogP) is 3.35. The van der Waals surface area contributed by atoms with Crippen LogP contribution in [0.5, 0.6) is 17.5 Å². The zero-order valence-electron chi connectivity index (χ0n) is 18.7. The van der Waals surface area contributed by atoms with Crippen LogP contribution in [0.15, 0.2) is 18.5 Å². The molecular weight excluding hydrogens is 428 g/mol. The van der Waals surface area contributed by atoms with Crippen LogP contribution in [0.1, 0.15) is 55.5 Å². The Bertz CT molecular complexity index is 1210. The lowest BCUT2D eigenvalue weighted by Crippen LogP contribution is -2.52. The zero-order valence-corrected chi connectivity index (χ0v) is 19.6. The Hall–Kier alpha value is -2.26. The van der Waals surface area contributed by atoms with Crippen molar-refractivity contribution in [2.45, 2.75) is 82.2 Å². The van der Waals surface area contributed by atoms with Crippen LogP contribution in [0.3, 0.4) is 0 Å². The number of hydrogen-bond donors (Lipinski definition) is 0. The van der Waals surface area contributed by atoms with E-state index in [-0.39, 0.29) is 22.9 Å². The van der Waals surface area contributed by atoms with Crippen LogP contribution in [0.25, 0.3) is 0 Å². The van der Waals surface area contributed by atoms with Gasteiger partial charge < -0.3 is 9.47 Å². The highest BCUT2D eigenvalue weighted by Gasteiger charge is 2.85.